The Morgan fingerprint density at radius 2 is 1.81 bits per heavy atom. The quantitative estimate of drug-likeness (QED) is 0.881. The number of aliphatic hydroxyl groups is 1. The lowest BCUT2D eigenvalue weighted by atomic mass is 9.87. The standard InChI is InChI=1S/C22H24FNO3/c23-16-5-4-15-12-19(21(25)18(15)13-16)24-8-6-14(7-9-24)17-2-1-3-20-22(17)27-11-10-26-20/h1-5,13-14,19,21,25H,6-12H2/t19-,21-/m1/s1. The van der Waals surface area contributed by atoms with Gasteiger partial charge in [0.25, 0.3) is 0 Å². The second-order valence-corrected chi connectivity index (χ2v) is 7.74. The Hall–Kier alpha value is -2.11. The first-order valence-electron chi connectivity index (χ1n) is 9.79. The third kappa shape index (κ3) is 2.99. The predicted octanol–water partition coefficient (Wildman–Crippen LogP) is 3.43. The molecule has 1 aliphatic carbocycles. The highest BCUT2D eigenvalue weighted by atomic mass is 19.1. The van der Waals surface area contributed by atoms with Crippen LogP contribution in [0.1, 0.15) is 41.6 Å². The summed E-state index contributed by atoms with van der Waals surface area (Å²) < 4.78 is 25.1. The highest BCUT2D eigenvalue weighted by molar-refractivity contribution is 5.49. The van der Waals surface area contributed by atoms with Crippen LogP contribution < -0.4 is 9.47 Å². The highest BCUT2D eigenvalue weighted by Gasteiger charge is 2.37. The first kappa shape index (κ1) is 17.0. The Morgan fingerprint density at radius 1 is 1.00 bits per heavy atom. The molecule has 4 nitrogen and oxygen atoms in total. The smallest absolute Gasteiger partial charge is 0.164 e. The van der Waals surface area contributed by atoms with Crippen LogP contribution in [0.3, 0.4) is 0 Å². The molecule has 0 saturated carbocycles. The molecule has 1 saturated heterocycles. The predicted molar refractivity (Wildman–Crippen MR) is 99.8 cm³/mol. The summed E-state index contributed by atoms with van der Waals surface area (Å²) in [5.74, 6) is 1.93. The van der Waals surface area contributed by atoms with E-state index in [-0.39, 0.29) is 11.9 Å². The normalized spacial score (nSPS) is 25.4. The van der Waals surface area contributed by atoms with Crippen LogP contribution in [0, 0.1) is 5.82 Å². The molecular formula is C22H24FNO3. The fourth-order valence-corrected chi connectivity index (χ4v) is 4.86. The van der Waals surface area contributed by atoms with Gasteiger partial charge in [-0.2, -0.15) is 0 Å². The molecule has 2 aliphatic heterocycles. The van der Waals surface area contributed by atoms with Gasteiger partial charge in [-0.1, -0.05) is 18.2 Å². The van der Waals surface area contributed by atoms with Crippen molar-refractivity contribution in [2.45, 2.75) is 37.3 Å². The summed E-state index contributed by atoms with van der Waals surface area (Å²) in [4.78, 5) is 2.37. The Labute approximate surface area is 158 Å². The molecule has 3 aliphatic rings. The van der Waals surface area contributed by atoms with Gasteiger partial charge < -0.3 is 14.6 Å². The third-order valence-electron chi connectivity index (χ3n) is 6.26. The average molecular weight is 369 g/mol. The zero-order valence-electron chi connectivity index (χ0n) is 15.2. The summed E-state index contributed by atoms with van der Waals surface area (Å²) >= 11 is 0. The molecular weight excluding hydrogens is 345 g/mol. The number of para-hydroxylation sites is 1. The van der Waals surface area contributed by atoms with Gasteiger partial charge in [-0.15, -0.1) is 0 Å². The topological polar surface area (TPSA) is 41.9 Å². The third-order valence-corrected chi connectivity index (χ3v) is 6.26. The van der Waals surface area contributed by atoms with Gasteiger partial charge >= 0.3 is 0 Å². The van der Waals surface area contributed by atoms with Crippen LogP contribution in [0.15, 0.2) is 36.4 Å². The molecule has 1 N–H and O–H groups in total. The zero-order valence-corrected chi connectivity index (χ0v) is 15.2. The fraction of sp³-hybridized carbons (Fsp3) is 0.455. The SMILES string of the molecule is O[C@@H]1c2cc(F)ccc2C[C@H]1N1CCC(c2cccc3c2OCCO3)CC1. The van der Waals surface area contributed by atoms with Crippen molar-refractivity contribution in [2.24, 2.45) is 0 Å². The molecule has 0 spiro atoms. The molecule has 0 radical (unpaired) electrons. The van der Waals surface area contributed by atoms with Crippen molar-refractivity contribution in [2.75, 3.05) is 26.3 Å². The molecule has 5 rings (SSSR count). The number of hydrogen-bond donors (Lipinski definition) is 1. The highest BCUT2D eigenvalue weighted by Crippen LogP contribution is 2.43. The van der Waals surface area contributed by atoms with Crippen LogP contribution in [-0.4, -0.2) is 42.4 Å². The van der Waals surface area contributed by atoms with Crippen molar-refractivity contribution >= 4 is 0 Å². The lowest BCUT2D eigenvalue weighted by molar-refractivity contribution is 0.0453. The van der Waals surface area contributed by atoms with Crippen LogP contribution in [-0.2, 0) is 6.42 Å². The monoisotopic (exact) mass is 369 g/mol. The van der Waals surface area contributed by atoms with E-state index in [1.807, 2.05) is 18.2 Å². The maximum atomic E-state index is 13.5. The number of likely N-dealkylation sites (tertiary alicyclic amines) is 1. The molecule has 2 atom stereocenters. The summed E-state index contributed by atoms with van der Waals surface area (Å²) in [6, 6.07) is 11.0. The summed E-state index contributed by atoms with van der Waals surface area (Å²) in [7, 11) is 0. The van der Waals surface area contributed by atoms with Gasteiger partial charge in [0.1, 0.15) is 19.0 Å². The van der Waals surface area contributed by atoms with Crippen LogP contribution in [0.5, 0.6) is 11.5 Å². The molecule has 2 heterocycles. The minimum Gasteiger partial charge on any atom is -0.486 e. The summed E-state index contributed by atoms with van der Waals surface area (Å²) in [6.45, 7) is 3.06. The van der Waals surface area contributed by atoms with Gasteiger partial charge in [0.05, 0.1) is 6.10 Å². The lowest BCUT2D eigenvalue weighted by Crippen LogP contribution is -2.43. The van der Waals surface area contributed by atoms with E-state index in [9.17, 15) is 9.50 Å². The van der Waals surface area contributed by atoms with E-state index >= 15 is 0 Å². The fourth-order valence-electron chi connectivity index (χ4n) is 4.86. The summed E-state index contributed by atoms with van der Waals surface area (Å²) in [5.41, 5.74) is 3.06. The van der Waals surface area contributed by atoms with Gasteiger partial charge in [-0.05, 0) is 67.6 Å². The van der Waals surface area contributed by atoms with E-state index < -0.39 is 6.10 Å². The average Bonchev–Trinajstić information content (AvgIpc) is 3.04. The van der Waals surface area contributed by atoms with E-state index in [1.54, 1.807) is 0 Å². The van der Waals surface area contributed by atoms with Crippen molar-refractivity contribution in [3.8, 4) is 11.5 Å². The molecule has 5 heteroatoms. The second-order valence-electron chi connectivity index (χ2n) is 7.74. The first-order valence-corrected chi connectivity index (χ1v) is 9.79. The number of fused-ring (bicyclic) bond motifs is 2. The maximum Gasteiger partial charge on any atom is 0.164 e. The van der Waals surface area contributed by atoms with Crippen LogP contribution in [0.4, 0.5) is 4.39 Å². The molecule has 0 bridgehead atoms. The first-order chi connectivity index (χ1) is 13.2. The van der Waals surface area contributed by atoms with E-state index in [2.05, 4.69) is 11.0 Å². The minimum absolute atomic E-state index is 0.0482. The van der Waals surface area contributed by atoms with Gasteiger partial charge in [0.15, 0.2) is 11.5 Å². The Morgan fingerprint density at radius 3 is 2.67 bits per heavy atom. The molecule has 2 aromatic carbocycles. The number of aliphatic hydroxyl groups excluding tert-OH is 1. The maximum absolute atomic E-state index is 13.5. The van der Waals surface area contributed by atoms with E-state index in [0.717, 1.165) is 55.0 Å². The van der Waals surface area contributed by atoms with Crippen molar-refractivity contribution < 1.29 is 19.0 Å². The van der Waals surface area contributed by atoms with Crippen molar-refractivity contribution in [1.29, 1.82) is 0 Å². The molecule has 0 aromatic heterocycles. The Balaban J connectivity index is 1.29. The largest absolute Gasteiger partial charge is 0.486 e. The number of ether oxygens (including phenoxy) is 2. The number of rotatable bonds is 2. The van der Waals surface area contributed by atoms with Crippen LogP contribution in [0.2, 0.25) is 0 Å². The van der Waals surface area contributed by atoms with Crippen LogP contribution >= 0.6 is 0 Å². The Bertz CT molecular complexity index is 847. The molecule has 2 aromatic rings. The van der Waals surface area contributed by atoms with E-state index in [1.165, 1.54) is 17.7 Å². The molecule has 142 valence electrons. The van der Waals surface area contributed by atoms with Gasteiger partial charge in [0.2, 0.25) is 0 Å². The van der Waals surface area contributed by atoms with Crippen molar-refractivity contribution in [3.63, 3.8) is 0 Å². The minimum atomic E-state index is -0.603. The molecule has 1 fully saturated rings. The number of benzene rings is 2. The molecule has 27 heavy (non-hydrogen) atoms. The molecule has 0 unspecified atom stereocenters. The van der Waals surface area contributed by atoms with Crippen molar-refractivity contribution in [1.82, 2.24) is 4.90 Å². The van der Waals surface area contributed by atoms with E-state index in [4.69, 9.17) is 9.47 Å². The lowest BCUT2D eigenvalue weighted by Gasteiger charge is -2.38. The number of halogens is 1. The summed E-state index contributed by atoms with van der Waals surface area (Å²) in [6.07, 6.45) is 2.23. The number of piperidine rings is 1. The Kier molecular flexibility index (Phi) is 4.29. The number of nitrogens with zero attached hydrogens (tertiary/aromatic N) is 1. The van der Waals surface area contributed by atoms with E-state index in [0.29, 0.717) is 19.1 Å². The zero-order chi connectivity index (χ0) is 18.4. The van der Waals surface area contributed by atoms with Crippen molar-refractivity contribution in [3.05, 3.63) is 58.9 Å². The van der Waals surface area contributed by atoms with Crippen LogP contribution in [0.25, 0.3) is 0 Å². The summed E-state index contributed by atoms with van der Waals surface area (Å²) in [5, 5.41) is 10.7. The van der Waals surface area contributed by atoms with Gasteiger partial charge in [-0.3, -0.25) is 4.90 Å². The molecule has 0 amide bonds. The van der Waals surface area contributed by atoms with Gasteiger partial charge in [-0.25, -0.2) is 4.39 Å². The second kappa shape index (κ2) is 6.80. The van der Waals surface area contributed by atoms with Gasteiger partial charge in [0, 0.05) is 11.6 Å². The number of hydrogen-bond acceptors (Lipinski definition) is 4.